The smallest absolute Gasteiger partial charge is 0.128 e. The molecule has 1 aromatic carbocycles. The van der Waals surface area contributed by atoms with Crippen LogP contribution in [0.15, 0.2) is 42.6 Å². The van der Waals surface area contributed by atoms with Gasteiger partial charge in [-0.05, 0) is 67.3 Å². The second kappa shape index (κ2) is 7.40. The van der Waals surface area contributed by atoms with Crippen molar-refractivity contribution in [2.45, 2.75) is 19.4 Å². The number of anilines is 2. The van der Waals surface area contributed by atoms with E-state index in [9.17, 15) is 4.39 Å². The van der Waals surface area contributed by atoms with Crippen LogP contribution in [0.2, 0.25) is 0 Å². The van der Waals surface area contributed by atoms with Crippen molar-refractivity contribution in [1.82, 2.24) is 10.3 Å². The van der Waals surface area contributed by atoms with Gasteiger partial charge in [0.2, 0.25) is 0 Å². The Kier molecular flexibility index (Phi) is 4.83. The summed E-state index contributed by atoms with van der Waals surface area (Å²) in [6.45, 7) is 5.77. The zero-order valence-electron chi connectivity index (χ0n) is 14.5. The fraction of sp³-hybridized carbons (Fsp3) is 0.450. The molecule has 4 nitrogen and oxygen atoms in total. The van der Waals surface area contributed by atoms with Gasteiger partial charge in [0.25, 0.3) is 0 Å². The van der Waals surface area contributed by atoms with Crippen molar-refractivity contribution >= 4 is 11.5 Å². The van der Waals surface area contributed by atoms with E-state index in [1.165, 1.54) is 30.5 Å². The van der Waals surface area contributed by atoms with Crippen molar-refractivity contribution in [1.29, 1.82) is 0 Å². The van der Waals surface area contributed by atoms with Gasteiger partial charge in [0, 0.05) is 44.6 Å². The Morgan fingerprint density at radius 2 is 1.72 bits per heavy atom. The first-order valence-corrected chi connectivity index (χ1v) is 9.19. The van der Waals surface area contributed by atoms with Crippen LogP contribution in [0.4, 0.5) is 15.9 Å². The molecule has 2 aromatic rings. The van der Waals surface area contributed by atoms with E-state index in [0.717, 1.165) is 56.7 Å². The summed E-state index contributed by atoms with van der Waals surface area (Å²) in [7, 11) is 0. The van der Waals surface area contributed by atoms with Gasteiger partial charge in [-0.2, -0.15) is 0 Å². The average Bonchev–Trinajstić information content (AvgIpc) is 3.47. The SMILES string of the molecule is Fc1ccc(N2CCN(c3cc(CNCC4CC4)ccn3)CC2)cc1. The second-order valence-electron chi connectivity index (χ2n) is 7.05. The molecule has 5 heteroatoms. The van der Waals surface area contributed by atoms with Crippen LogP contribution in [-0.2, 0) is 6.54 Å². The number of nitrogens with one attached hydrogen (secondary N) is 1. The zero-order chi connectivity index (χ0) is 17.1. The van der Waals surface area contributed by atoms with E-state index >= 15 is 0 Å². The minimum Gasteiger partial charge on any atom is -0.368 e. The number of piperazine rings is 1. The van der Waals surface area contributed by atoms with Crippen molar-refractivity contribution in [3.63, 3.8) is 0 Å². The Morgan fingerprint density at radius 1 is 1.00 bits per heavy atom. The number of benzene rings is 1. The minimum atomic E-state index is -0.182. The van der Waals surface area contributed by atoms with Crippen molar-refractivity contribution < 1.29 is 4.39 Å². The lowest BCUT2D eigenvalue weighted by Crippen LogP contribution is -2.46. The largest absolute Gasteiger partial charge is 0.368 e. The van der Waals surface area contributed by atoms with E-state index in [1.54, 1.807) is 0 Å². The Bertz CT molecular complexity index is 691. The van der Waals surface area contributed by atoms with Gasteiger partial charge in [-0.15, -0.1) is 0 Å². The highest BCUT2D eigenvalue weighted by Crippen LogP contribution is 2.27. The maximum Gasteiger partial charge on any atom is 0.128 e. The van der Waals surface area contributed by atoms with Gasteiger partial charge in [-0.3, -0.25) is 0 Å². The summed E-state index contributed by atoms with van der Waals surface area (Å²) in [4.78, 5) is 9.20. The molecular weight excluding hydrogens is 315 g/mol. The van der Waals surface area contributed by atoms with Crippen molar-refractivity contribution in [3.05, 3.63) is 54.0 Å². The normalized spacial score (nSPS) is 17.8. The van der Waals surface area contributed by atoms with Gasteiger partial charge < -0.3 is 15.1 Å². The molecule has 0 radical (unpaired) electrons. The van der Waals surface area contributed by atoms with Crippen LogP contribution in [0.5, 0.6) is 0 Å². The van der Waals surface area contributed by atoms with Gasteiger partial charge in [0.15, 0.2) is 0 Å². The molecule has 0 atom stereocenters. The third-order valence-corrected chi connectivity index (χ3v) is 5.06. The molecule has 1 saturated heterocycles. The molecule has 0 spiro atoms. The first-order chi connectivity index (χ1) is 12.3. The molecule has 25 heavy (non-hydrogen) atoms. The summed E-state index contributed by atoms with van der Waals surface area (Å²) in [6.07, 6.45) is 4.68. The number of rotatable bonds is 6. The molecule has 1 aromatic heterocycles. The number of aromatic nitrogens is 1. The van der Waals surface area contributed by atoms with Crippen molar-refractivity contribution in [2.75, 3.05) is 42.5 Å². The Morgan fingerprint density at radius 3 is 2.44 bits per heavy atom. The second-order valence-corrected chi connectivity index (χ2v) is 7.05. The summed E-state index contributed by atoms with van der Waals surface area (Å²) in [5, 5.41) is 3.54. The number of hydrogen-bond donors (Lipinski definition) is 1. The van der Waals surface area contributed by atoms with E-state index in [0.29, 0.717) is 0 Å². The van der Waals surface area contributed by atoms with Crippen molar-refractivity contribution in [2.24, 2.45) is 5.92 Å². The molecule has 1 aliphatic heterocycles. The monoisotopic (exact) mass is 340 g/mol. The average molecular weight is 340 g/mol. The number of halogens is 1. The summed E-state index contributed by atoms with van der Waals surface area (Å²) < 4.78 is 13.1. The molecule has 132 valence electrons. The molecule has 2 heterocycles. The quantitative estimate of drug-likeness (QED) is 0.876. The summed E-state index contributed by atoms with van der Waals surface area (Å²) >= 11 is 0. The van der Waals surface area contributed by atoms with E-state index in [4.69, 9.17) is 0 Å². The van der Waals surface area contributed by atoms with Crippen LogP contribution in [-0.4, -0.2) is 37.7 Å². The van der Waals surface area contributed by atoms with E-state index in [1.807, 2.05) is 18.3 Å². The molecule has 1 N–H and O–H groups in total. The molecule has 2 aliphatic rings. The predicted molar refractivity (Wildman–Crippen MR) is 99.5 cm³/mol. The highest BCUT2D eigenvalue weighted by Gasteiger charge is 2.21. The predicted octanol–water partition coefficient (Wildman–Crippen LogP) is 3.05. The van der Waals surface area contributed by atoms with Gasteiger partial charge in [-0.25, -0.2) is 9.37 Å². The van der Waals surface area contributed by atoms with Crippen LogP contribution in [0.25, 0.3) is 0 Å². The molecular formula is C20H25FN4. The molecule has 0 amide bonds. The third kappa shape index (κ3) is 4.28. The van der Waals surface area contributed by atoms with Crippen LogP contribution < -0.4 is 15.1 Å². The summed E-state index contributed by atoms with van der Waals surface area (Å²) in [5.41, 5.74) is 2.39. The highest BCUT2D eigenvalue weighted by atomic mass is 19.1. The van der Waals surface area contributed by atoms with Crippen LogP contribution in [0.1, 0.15) is 18.4 Å². The van der Waals surface area contributed by atoms with Gasteiger partial charge in [0.05, 0.1) is 0 Å². The van der Waals surface area contributed by atoms with E-state index in [-0.39, 0.29) is 5.82 Å². The molecule has 1 saturated carbocycles. The lowest BCUT2D eigenvalue weighted by Gasteiger charge is -2.36. The van der Waals surface area contributed by atoms with Gasteiger partial charge >= 0.3 is 0 Å². The Labute approximate surface area is 148 Å². The van der Waals surface area contributed by atoms with Crippen LogP contribution in [0, 0.1) is 11.7 Å². The van der Waals surface area contributed by atoms with Crippen molar-refractivity contribution in [3.8, 4) is 0 Å². The first-order valence-electron chi connectivity index (χ1n) is 9.19. The van der Waals surface area contributed by atoms with E-state index < -0.39 is 0 Å². The maximum absolute atomic E-state index is 13.1. The standard InChI is InChI=1S/C20H25FN4/c21-18-3-5-19(6-4-18)24-9-11-25(12-10-24)20-13-17(7-8-23-20)15-22-14-16-1-2-16/h3-8,13,16,22H,1-2,9-12,14-15H2. The zero-order valence-corrected chi connectivity index (χ0v) is 14.5. The maximum atomic E-state index is 13.1. The molecule has 4 rings (SSSR count). The lowest BCUT2D eigenvalue weighted by atomic mass is 10.2. The molecule has 2 fully saturated rings. The summed E-state index contributed by atoms with van der Waals surface area (Å²) in [6, 6.07) is 11.1. The Balaban J connectivity index is 1.32. The molecule has 0 unspecified atom stereocenters. The fourth-order valence-corrected chi connectivity index (χ4v) is 3.33. The van der Waals surface area contributed by atoms with Gasteiger partial charge in [0.1, 0.15) is 11.6 Å². The number of nitrogens with zero attached hydrogens (tertiary/aromatic N) is 3. The number of pyridine rings is 1. The lowest BCUT2D eigenvalue weighted by molar-refractivity contribution is 0.623. The summed E-state index contributed by atoms with van der Waals surface area (Å²) in [5.74, 6) is 1.78. The van der Waals surface area contributed by atoms with Crippen LogP contribution in [0.3, 0.4) is 0 Å². The molecule has 0 bridgehead atoms. The van der Waals surface area contributed by atoms with E-state index in [2.05, 4.69) is 32.2 Å². The fourth-order valence-electron chi connectivity index (χ4n) is 3.33. The minimum absolute atomic E-state index is 0.182. The van der Waals surface area contributed by atoms with Gasteiger partial charge in [-0.1, -0.05) is 0 Å². The molecule has 1 aliphatic carbocycles. The third-order valence-electron chi connectivity index (χ3n) is 5.06. The van der Waals surface area contributed by atoms with Crippen LogP contribution >= 0.6 is 0 Å². The Hall–Kier alpha value is -2.14. The number of hydrogen-bond acceptors (Lipinski definition) is 4. The first kappa shape index (κ1) is 16.3. The topological polar surface area (TPSA) is 31.4 Å². The highest BCUT2D eigenvalue weighted by molar-refractivity contribution is 5.49.